The van der Waals surface area contributed by atoms with Crippen molar-refractivity contribution >= 4 is 17.3 Å². The Balaban J connectivity index is 1.64. The second-order valence-corrected chi connectivity index (χ2v) is 5.64. The van der Waals surface area contributed by atoms with Crippen molar-refractivity contribution in [3.05, 3.63) is 60.2 Å². The minimum absolute atomic E-state index is 0.0180. The molecule has 0 aliphatic carbocycles. The summed E-state index contributed by atoms with van der Waals surface area (Å²) in [7, 11) is 0. The van der Waals surface area contributed by atoms with Crippen LogP contribution in [-0.4, -0.2) is 31.6 Å². The summed E-state index contributed by atoms with van der Waals surface area (Å²) in [6.45, 7) is 4.44. The Morgan fingerprint density at radius 3 is 2.59 bits per heavy atom. The Kier molecular flexibility index (Phi) is 4.39. The standard InChI is InChI=1S/C18H21N3O/c1-14-7-9-15(10-8-14)20-18(22)17-13-21(12-11-19-17)16-5-3-2-4-6-16/h2-10,17,19H,11-13H2,1H3,(H,20,22). The Morgan fingerprint density at radius 2 is 1.86 bits per heavy atom. The maximum atomic E-state index is 12.4. The summed E-state index contributed by atoms with van der Waals surface area (Å²) in [4.78, 5) is 14.7. The quantitative estimate of drug-likeness (QED) is 0.914. The Bertz CT molecular complexity index is 625. The van der Waals surface area contributed by atoms with Crippen LogP contribution in [0.15, 0.2) is 54.6 Å². The van der Waals surface area contributed by atoms with E-state index >= 15 is 0 Å². The zero-order valence-electron chi connectivity index (χ0n) is 12.8. The molecule has 22 heavy (non-hydrogen) atoms. The summed E-state index contributed by atoms with van der Waals surface area (Å²) >= 11 is 0. The molecule has 2 aromatic rings. The number of anilines is 2. The molecular weight excluding hydrogens is 274 g/mol. The van der Waals surface area contributed by atoms with Crippen LogP contribution < -0.4 is 15.5 Å². The van der Waals surface area contributed by atoms with E-state index < -0.39 is 0 Å². The van der Waals surface area contributed by atoms with E-state index in [-0.39, 0.29) is 11.9 Å². The maximum absolute atomic E-state index is 12.4. The lowest BCUT2D eigenvalue weighted by Gasteiger charge is -2.34. The van der Waals surface area contributed by atoms with E-state index in [4.69, 9.17) is 0 Å². The van der Waals surface area contributed by atoms with E-state index in [9.17, 15) is 4.79 Å². The molecule has 1 saturated heterocycles. The number of hydrogen-bond donors (Lipinski definition) is 2. The molecule has 0 saturated carbocycles. The van der Waals surface area contributed by atoms with Crippen LogP contribution in [0.1, 0.15) is 5.56 Å². The first-order chi connectivity index (χ1) is 10.7. The zero-order chi connectivity index (χ0) is 15.4. The molecule has 1 atom stereocenters. The summed E-state index contributed by atoms with van der Waals surface area (Å²) in [5, 5.41) is 6.28. The minimum Gasteiger partial charge on any atom is -0.368 e. The molecule has 1 unspecified atom stereocenters. The van der Waals surface area contributed by atoms with Gasteiger partial charge in [-0.1, -0.05) is 35.9 Å². The highest BCUT2D eigenvalue weighted by atomic mass is 16.2. The van der Waals surface area contributed by atoms with Crippen molar-refractivity contribution in [3.63, 3.8) is 0 Å². The van der Waals surface area contributed by atoms with Gasteiger partial charge in [-0.2, -0.15) is 0 Å². The van der Waals surface area contributed by atoms with Crippen LogP contribution in [0.3, 0.4) is 0 Å². The molecule has 0 spiro atoms. The van der Waals surface area contributed by atoms with Gasteiger partial charge in [-0.3, -0.25) is 4.79 Å². The number of nitrogens with zero attached hydrogens (tertiary/aromatic N) is 1. The van der Waals surface area contributed by atoms with Gasteiger partial charge in [-0.15, -0.1) is 0 Å². The number of rotatable bonds is 3. The highest BCUT2D eigenvalue weighted by molar-refractivity contribution is 5.95. The molecule has 0 aromatic heterocycles. The van der Waals surface area contributed by atoms with Crippen molar-refractivity contribution < 1.29 is 4.79 Å². The van der Waals surface area contributed by atoms with Crippen molar-refractivity contribution in [2.24, 2.45) is 0 Å². The SMILES string of the molecule is Cc1ccc(NC(=O)C2CN(c3ccccc3)CCN2)cc1. The van der Waals surface area contributed by atoms with Crippen molar-refractivity contribution in [3.8, 4) is 0 Å². The van der Waals surface area contributed by atoms with Crippen LogP contribution in [0.5, 0.6) is 0 Å². The van der Waals surface area contributed by atoms with E-state index in [2.05, 4.69) is 27.7 Å². The molecule has 2 N–H and O–H groups in total. The highest BCUT2D eigenvalue weighted by Crippen LogP contribution is 2.16. The van der Waals surface area contributed by atoms with Gasteiger partial charge in [0.2, 0.25) is 5.91 Å². The number of carbonyl (C=O) groups is 1. The average molecular weight is 295 g/mol. The van der Waals surface area contributed by atoms with E-state index in [0.717, 1.165) is 24.5 Å². The molecule has 1 amide bonds. The lowest BCUT2D eigenvalue weighted by molar-refractivity contribution is -0.118. The Morgan fingerprint density at radius 1 is 1.14 bits per heavy atom. The van der Waals surface area contributed by atoms with Crippen LogP contribution in [0, 0.1) is 6.92 Å². The smallest absolute Gasteiger partial charge is 0.243 e. The van der Waals surface area contributed by atoms with Gasteiger partial charge in [-0.05, 0) is 31.2 Å². The topological polar surface area (TPSA) is 44.4 Å². The number of piperazine rings is 1. The summed E-state index contributed by atoms with van der Waals surface area (Å²) in [5.74, 6) is 0.0180. The molecule has 3 rings (SSSR count). The highest BCUT2D eigenvalue weighted by Gasteiger charge is 2.25. The van der Waals surface area contributed by atoms with Crippen molar-refractivity contribution in [1.29, 1.82) is 0 Å². The van der Waals surface area contributed by atoms with Gasteiger partial charge < -0.3 is 15.5 Å². The predicted octanol–water partition coefficient (Wildman–Crippen LogP) is 2.41. The maximum Gasteiger partial charge on any atom is 0.243 e. The first-order valence-electron chi connectivity index (χ1n) is 7.63. The Hall–Kier alpha value is -2.33. The second-order valence-electron chi connectivity index (χ2n) is 5.64. The van der Waals surface area contributed by atoms with Crippen LogP contribution >= 0.6 is 0 Å². The van der Waals surface area contributed by atoms with E-state index in [1.54, 1.807) is 0 Å². The Labute approximate surface area is 131 Å². The molecule has 1 aliphatic heterocycles. The molecular formula is C18H21N3O. The first-order valence-corrected chi connectivity index (χ1v) is 7.63. The normalized spacial score (nSPS) is 18.0. The fourth-order valence-corrected chi connectivity index (χ4v) is 2.67. The summed E-state index contributed by atoms with van der Waals surface area (Å²) in [6.07, 6.45) is 0. The first kappa shape index (κ1) is 14.6. The average Bonchev–Trinajstić information content (AvgIpc) is 2.58. The fourth-order valence-electron chi connectivity index (χ4n) is 2.67. The molecule has 0 radical (unpaired) electrons. The predicted molar refractivity (Wildman–Crippen MR) is 90.3 cm³/mol. The van der Waals surface area contributed by atoms with E-state index in [1.165, 1.54) is 5.56 Å². The van der Waals surface area contributed by atoms with Gasteiger partial charge in [0.25, 0.3) is 0 Å². The number of benzene rings is 2. The van der Waals surface area contributed by atoms with Crippen molar-refractivity contribution in [2.75, 3.05) is 29.9 Å². The van der Waals surface area contributed by atoms with E-state index in [0.29, 0.717) is 6.54 Å². The fraction of sp³-hybridized carbons (Fsp3) is 0.278. The van der Waals surface area contributed by atoms with Gasteiger partial charge in [0.1, 0.15) is 6.04 Å². The largest absolute Gasteiger partial charge is 0.368 e. The monoisotopic (exact) mass is 295 g/mol. The number of carbonyl (C=O) groups excluding carboxylic acids is 1. The van der Waals surface area contributed by atoms with Gasteiger partial charge in [0, 0.05) is 31.0 Å². The summed E-state index contributed by atoms with van der Waals surface area (Å²) in [5.41, 5.74) is 3.19. The van der Waals surface area contributed by atoms with Gasteiger partial charge in [0.05, 0.1) is 0 Å². The number of amides is 1. The molecule has 2 aromatic carbocycles. The van der Waals surface area contributed by atoms with Crippen molar-refractivity contribution in [2.45, 2.75) is 13.0 Å². The van der Waals surface area contributed by atoms with Gasteiger partial charge in [0.15, 0.2) is 0 Å². The minimum atomic E-state index is -0.199. The summed E-state index contributed by atoms with van der Waals surface area (Å²) in [6, 6.07) is 17.9. The van der Waals surface area contributed by atoms with Gasteiger partial charge in [-0.25, -0.2) is 0 Å². The van der Waals surface area contributed by atoms with Crippen LogP contribution in [0.25, 0.3) is 0 Å². The number of nitrogens with one attached hydrogen (secondary N) is 2. The zero-order valence-corrected chi connectivity index (χ0v) is 12.8. The third-order valence-electron chi connectivity index (χ3n) is 3.93. The van der Waals surface area contributed by atoms with Crippen molar-refractivity contribution in [1.82, 2.24) is 5.32 Å². The number of para-hydroxylation sites is 1. The van der Waals surface area contributed by atoms with Crippen LogP contribution in [0.2, 0.25) is 0 Å². The second kappa shape index (κ2) is 6.62. The molecule has 4 heteroatoms. The third kappa shape index (κ3) is 3.46. The third-order valence-corrected chi connectivity index (χ3v) is 3.93. The van der Waals surface area contributed by atoms with Gasteiger partial charge >= 0.3 is 0 Å². The molecule has 4 nitrogen and oxygen atoms in total. The molecule has 0 bridgehead atoms. The summed E-state index contributed by atoms with van der Waals surface area (Å²) < 4.78 is 0. The molecule has 1 aliphatic rings. The number of hydrogen-bond acceptors (Lipinski definition) is 3. The number of aryl methyl sites for hydroxylation is 1. The van der Waals surface area contributed by atoms with E-state index in [1.807, 2.05) is 49.4 Å². The molecule has 1 heterocycles. The lowest BCUT2D eigenvalue weighted by atomic mass is 10.1. The van der Waals surface area contributed by atoms with Crippen LogP contribution in [-0.2, 0) is 4.79 Å². The molecule has 1 fully saturated rings. The molecule has 114 valence electrons. The van der Waals surface area contributed by atoms with Crippen LogP contribution in [0.4, 0.5) is 11.4 Å². The lowest BCUT2D eigenvalue weighted by Crippen LogP contribution is -2.55.